The highest BCUT2D eigenvalue weighted by molar-refractivity contribution is 5.85. The van der Waals surface area contributed by atoms with Gasteiger partial charge in [-0.1, -0.05) is 24.3 Å². The molecule has 1 aliphatic heterocycles. The molecule has 5 heteroatoms. The molecule has 1 aliphatic rings. The van der Waals surface area contributed by atoms with Gasteiger partial charge in [0.05, 0.1) is 7.11 Å². The van der Waals surface area contributed by atoms with Gasteiger partial charge < -0.3 is 10.1 Å². The van der Waals surface area contributed by atoms with Gasteiger partial charge in [0.2, 0.25) is 0 Å². The summed E-state index contributed by atoms with van der Waals surface area (Å²) in [5, 5.41) is 3.42. The van der Waals surface area contributed by atoms with Crippen LogP contribution in [0.2, 0.25) is 0 Å². The molecule has 2 aromatic rings. The summed E-state index contributed by atoms with van der Waals surface area (Å²) in [7, 11) is 1.68. The zero-order chi connectivity index (χ0) is 16.1. The monoisotopic (exact) mass is 350 g/mol. The molecule has 0 spiro atoms. The van der Waals surface area contributed by atoms with E-state index >= 15 is 0 Å². The fourth-order valence-electron chi connectivity index (χ4n) is 3.12. The molecule has 1 saturated heterocycles. The molecule has 1 heterocycles. The molecule has 0 aliphatic carbocycles. The topological polar surface area (TPSA) is 24.5 Å². The van der Waals surface area contributed by atoms with Crippen molar-refractivity contribution in [3.05, 3.63) is 65.5 Å². The van der Waals surface area contributed by atoms with Crippen LogP contribution in [0.15, 0.2) is 48.5 Å². The van der Waals surface area contributed by atoms with Crippen molar-refractivity contribution < 1.29 is 9.13 Å². The molecule has 3 rings (SSSR count). The van der Waals surface area contributed by atoms with Crippen molar-refractivity contribution in [2.24, 2.45) is 0 Å². The summed E-state index contributed by atoms with van der Waals surface area (Å²) in [6.07, 6.45) is 0.982. The third-order valence-electron chi connectivity index (χ3n) is 4.43. The Labute approximate surface area is 149 Å². The maximum atomic E-state index is 13.5. The normalized spacial score (nSPS) is 18.0. The van der Waals surface area contributed by atoms with Gasteiger partial charge in [-0.15, -0.1) is 12.4 Å². The molecule has 0 bridgehead atoms. The number of hydrogen-bond acceptors (Lipinski definition) is 3. The molecule has 3 nitrogen and oxygen atoms in total. The van der Waals surface area contributed by atoms with Crippen molar-refractivity contribution >= 4 is 12.4 Å². The van der Waals surface area contributed by atoms with Crippen LogP contribution in [-0.4, -0.2) is 38.2 Å². The second-order valence-corrected chi connectivity index (χ2v) is 5.91. The second kappa shape index (κ2) is 9.02. The Balaban J connectivity index is 0.00000208. The molecule has 0 aromatic heterocycles. The van der Waals surface area contributed by atoms with Gasteiger partial charge in [0.25, 0.3) is 0 Å². The molecule has 0 saturated carbocycles. The van der Waals surface area contributed by atoms with E-state index in [0.29, 0.717) is 0 Å². The highest BCUT2D eigenvalue weighted by Gasteiger charge is 2.23. The molecular weight excluding hydrogens is 327 g/mol. The average molecular weight is 351 g/mol. The Morgan fingerprint density at radius 1 is 1.21 bits per heavy atom. The minimum atomic E-state index is -0.164. The van der Waals surface area contributed by atoms with Gasteiger partial charge in [0.15, 0.2) is 0 Å². The number of nitrogens with zero attached hydrogens (tertiary/aromatic N) is 1. The first-order valence-corrected chi connectivity index (χ1v) is 8.09. The standard InChI is InChI=1S/C19H23FN2O.ClH/c1-23-18-7-5-15(6-8-18)9-11-22-12-10-21-14-19(22)16-3-2-4-17(20)13-16;/h2-8,13,19,21H,9-12,14H2,1H3;1H. The van der Waals surface area contributed by atoms with Crippen LogP contribution < -0.4 is 10.1 Å². The Kier molecular flexibility index (Phi) is 7.03. The van der Waals surface area contributed by atoms with Gasteiger partial charge in [0.1, 0.15) is 11.6 Å². The summed E-state index contributed by atoms with van der Waals surface area (Å²) < 4.78 is 18.7. The third-order valence-corrected chi connectivity index (χ3v) is 4.43. The van der Waals surface area contributed by atoms with E-state index in [2.05, 4.69) is 22.3 Å². The second-order valence-electron chi connectivity index (χ2n) is 5.91. The van der Waals surface area contributed by atoms with E-state index in [1.54, 1.807) is 19.2 Å². The molecule has 0 amide bonds. The van der Waals surface area contributed by atoms with Crippen molar-refractivity contribution in [1.82, 2.24) is 10.2 Å². The minimum absolute atomic E-state index is 0. The lowest BCUT2D eigenvalue weighted by Crippen LogP contribution is -2.46. The summed E-state index contributed by atoms with van der Waals surface area (Å²) in [6.45, 7) is 3.80. The van der Waals surface area contributed by atoms with E-state index in [9.17, 15) is 4.39 Å². The molecular formula is C19H24ClFN2O. The van der Waals surface area contributed by atoms with E-state index in [1.807, 2.05) is 18.2 Å². The van der Waals surface area contributed by atoms with Crippen LogP contribution in [0.4, 0.5) is 4.39 Å². The summed E-state index contributed by atoms with van der Waals surface area (Å²) in [5.41, 5.74) is 2.34. The highest BCUT2D eigenvalue weighted by Crippen LogP contribution is 2.23. The van der Waals surface area contributed by atoms with E-state index in [0.717, 1.165) is 43.9 Å². The Morgan fingerprint density at radius 3 is 2.71 bits per heavy atom. The van der Waals surface area contributed by atoms with Gasteiger partial charge in [0, 0.05) is 32.2 Å². The number of nitrogens with one attached hydrogen (secondary N) is 1. The van der Waals surface area contributed by atoms with Crippen molar-refractivity contribution in [3.8, 4) is 5.75 Å². The molecule has 1 fully saturated rings. The largest absolute Gasteiger partial charge is 0.497 e. The summed E-state index contributed by atoms with van der Waals surface area (Å²) in [4.78, 5) is 2.44. The summed E-state index contributed by atoms with van der Waals surface area (Å²) in [5.74, 6) is 0.719. The highest BCUT2D eigenvalue weighted by atomic mass is 35.5. The Bertz CT molecular complexity index is 636. The van der Waals surface area contributed by atoms with Crippen LogP contribution >= 0.6 is 12.4 Å². The van der Waals surface area contributed by atoms with Crippen LogP contribution in [0.25, 0.3) is 0 Å². The summed E-state index contributed by atoms with van der Waals surface area (Å²) in [6, 6.07) is 15.4. The van der Waals surface area contributed by atoms with E-state index in [1.165, 1.54) is 11.6 Å². The van der Waals surface area contributed by atoms with Gasteiger partial charge in [-0.25, -0.2) is 4.39 Å². The first kappa shape index (κ1) is 18.7. The van der Waals surface area contributed by atoms with Gasteiger partial charge in [-0.05, 0) is 41.8 Å². The van der Waals surface area contributed by atoms with Gasteiger partial charge in [-0.3, -0.25) is 4.90 Å². The molecule has 1 N–H and O–H groups in total. The van der Waals surface area contributed by atoms with E-state index in [-0.39, 0.29) is 24.3 Å². The van der Waals surface area contributed by atoms with Crippen LogP contribution in [0.3, 0.4) is 0 Å². The smallest absolute Gasteiger partial charge is 0.123 e. The number of piperazine rings is 1. The maximum Gasteiger partial charge on any atom is 0.123 e. The van der Waals surface area contributed by atoms with Crippen LogP contribution in [-0.2, 0) is 6.42 Å². The minimum Gasteiger partial charge on any atom is -0.497 e. The van der Waals surface area contributed by atoms with Crippen LogP contribution in [0.5, 0.6) is 5.75 Å². The number of halogens is 2. The number of methoxy groups -OCH3 is 1. The fourth-order valence-corrected chi connectivity index (χ4v) is 3.12. The zero-order valence-corrected chi connectivity index (χ0v) is 14.7. The molecule has 1 atom stereocenters. The first-order chi connectivity index (χ1) is 11.3. The molecule has 24 heavy (non-hydrogen) atoms. The molecule has 1 unspecified atom stereocenters. The number of ether oxygens (including phenoxy) is 1. The lowest BCUT2D eigenvalue weighted by molar-refractivity contribution is 0.164. The lowest BCUT2D eigenvalue weighted by atomic mass is 10.0. The lowest BCUT2D eigenvalue weighted by Gasteiger charge is -2.36. The maximum absolute atomic E-state index is 13.5. The Hall–Kier alpha value is -1.62. The van der Waals surface area contributed by atoms with E-state index in [4.69, 9.17) is 4.74 Å². The van der Waals surface area contributed by atoms with Crippen molar-refractivity contribution in [3.63, 3.8) is 0 Å². The predicted molar refractivity (Wildman–Crippen MR) is 97.5 cm³/mol. The molecule has 0 radical (unpaired) electrons. The van der Waals surface area contributed by atoms with E-state index < -0.39 is 0 Å². The van der Waals surface area contributed by atoms with Crippen molar-refractivity contribution in [2.45, 2.75) is 12.5 Å². The SMILES string of the molecule is COc1ccc(CCN2CCNCC2c2cccc(F)c2)cc1.Cl. The first-order valence-electron chi connectivity index (χ1n) is 8.09. The summed E-state index contributed by atoms with van der Waals surface area (Å²) >= 11 is 0. The quantitative estimate of drug-likeness (QED) is 0.894. The van der Waals surface area contributed by atoms with Gasteiger partial charge >= 0.3 is 0 Å². The number of benzene rings is 2. The van der Waals surface area contributed by atoms with Crippen LogP contribution in [0.1, 0.15) is 17.2 Å². The fraction of sp³-hybridized carbons (Fsp3) is 0.368. The predicted octanol–water partition coefficient (Wildman–Crippen LogP) is 3.45. The van der Waals surface area contributed by atoms with Gasteiger partial charge in [-0.2, -0.15) is 0 Å². The van der Waals surface area contributed by atoms with Crippen LogP contribution in [0, 0.1) is 5.82 Å². The van der Waals surface area contributed by atoms with Crippen molar-refractivity contribution in [1.29, 1.82) is 0 Å². The molecule has 2 aromatic carbocycles. The third kappa shape index (κ3) is 4.69. The zero-order valence-electron chi connectivity index (χ0n) is 13.9. The number of hydrogen-bond donors (Lipinski definition) is 1. The average Bonchev–Trinajstić information content (AvgIpc) is 2.60. The Morgan fingerprint density at radius 2 is 2.00 bits per heavy atom. The number of rotatable bonds is 5. The van der Waals surface area contributed by atoms with Crippen molar-refractivity contribution in [2.75, 3.05) is 33.3 Å². The molecule has 130 valence electrons.